The molecule has 1 aromatic rings. The summed E-state index contributed by atoms with van der Waals surface area (Å²) in [6.07, 6.45) is 3.71. The molecule has 1 aromatic heterocycles. The first kappa shape index (κ1) is 14.8. The van der Waals surface area contributed by atoms with Gasteiger partial charge in [-0.1, -0.05) is 0 Å². The van der Waals surface area contributed by atoms with Gasteiger partial charge in [-0.15, -0.1) is 11.3 Å². The number of aromatic nitrogens is 1. The number of amides is 2. The molecule has 2 amide bonds. The topological polar surface area (TPSA) is 91.3 Å². The molecule has 0 spiro atoms. The van der Waals surface area contributed by atoms with E-state index in [1.54, 1.807) is 0 Å². The molecule has 0 aromatic carbocycles. The summed E-state index contributed by atoms with van der Waals surface area (Å²) >= 11 is 1.43. The molecule has 0 radical (unpaired) electrons. The second kappa shape index (κ2) is 6.69. The molecule has 3 N–H and O–H groups in total. The third-order valence-corrected chi connectivity index (χ3v) is 3.92. The minimum atomic E-state index is -0.808. The molecule has 1 atom stereocenters. The number of hydrogen-bond acceptors (Lipinski definition) is 4. The van der Waals surface area contributed by atoms with Gasteiger partial charge < -0.3 is 10.4 Å². The Morgan fingerprint density at radius 3 is 2.95 bits per heavy atom. The number of thiazole rings is 1. The fraction of sp³-hybridized carbons (Fsp3) is 0.615. The van der Waals surface area contributed by atoms with E-state index < -0.39 is 5.97 Å². The molecule has 6 nitrogen and oxygen atoms in total. The van der Waals surface area contributed by atoms with Crippen molar-refractivity contribution in [2.24, 2.45) is 0 Å². The summed E-state index contributed by atoms with van der Waals surface area (Å²) in [5.74, 6) is -0.225. The Balaban J connectivity index is 1.69. The number of urea groups is 1. The van der Waals surface area contributed by atoms with Gasteiger partial charge in [0.25, 0.3) is 0 Å². The van der Waals surface area contributed by atoms with Crippen molar-refractivity contribution < 1.29 is 14.7 Å². The fourth-order valence-corrected chi connectivity index (χ4v) is 2.69. The largest absolute Gasteiger partial charge is 0.481 e. The van der Waals surface area contributed by atoms with Gasteiger partial charge in [-0.3, -0.25) is 10.1 Å². The van der Waals surface area contributed by atoms with Crippen molar-refractivity contribution >= 4 is 28.5 Å². The summed E-state index contributed by atoms with van der Waals surface area (Å²) in [4.78, 5) is 26.5. The van der Waals surface area contributed by atoms with Crippen LogP contribution in [0.5, 0.6) is 0 Å². The van der Waals surface area contributed by atoms with E-state index in [1.165, 1.54) is 24.2 Å². The van der Waals surface area contributed by atoms with Crippen LogP contribution in [0.4, 0.5) is 9.93 Å². The normalized spacial score (nSPS) is 15.7. The molecule has 0 aliphatic heterocycles. The van der Waals surface area contributed by atoms with Gasteiger partial charge in [0.1, 0.15) is 0 Å². The Hall–Kier alpha value is -1.63. The van der Waals surface area contributed by atoms with Crippen molar-refractivity contribution in [1.29, 1.82) is 0 Å². The van der Waals surface area contributed by atoms with Gasteiger partial charge in [0.2, 0.25) is 0 Å². The molecule has 110 valence electrons. The van der Waals surface area contributed by atoms with Gasteiger partial charge in [0.05, 0.1) is 5.69 Å². The third-order valence-electron chi connectivity index (χ3n) is 3.14. The lowest BCUT2D eigenvalue weighted by Gasteiger charge is -2.13. The molecule has 1 fully saturated rings. The second-order valence-corrected chi connectivity index (χ2v) is 6.00. The summed E-state index contributed by atoms with van der Waals surface area (Å²) in [6, 6.07) is -0.346. The Morgan fingerprint density at radius 2 is 2.30 bits per heavy atom. The molecule has 1 unspecified atom stereocenters. The molecule has 1 aliphatic carbocycles. The van der Waals surface area contributed by atoms with Crippen molar-refractivity contribution in [3.8, 4) is 0 Å². The monoisotopic (exact) mass is 297 g/mol. The van der Waals surface area contributed by atoms with Gasteiger partial charge in [0, 0.05) is 23.8 Å². The Bertz CT molecular complexity index is 485. The maximum Gasteiger partial charge on any atom is 0.321 e. The highest BCUT2D eigenvalue weighted by molar-refractivity contribution is 7.13. The quantitative estimate of drug-likeness (QED) is 0.721. The molecule has 0 saturated heterocycles. The van der Waals surface area contributed by atoms with Gasteiger partial charge in [-0.25, -0.2) is 9.78 Å². The number of carbonyl (C=O) groups excluding carboxylic acids is 1. The average molecular weight is 297 g/mol. The van der Waals surface area contributed by atoms with Crippen LogP contribution >= 0.6 is 11.3 Å². The molecule has 1 aliphatic rings. The highest BCUT2D eigenvalue weighted by Gasteiger charge is 2.26. The lowest BCUT2D eigenvalue weighted by Crippen LogP contribution is -2.36. The number of anilines is 1. The van der Waals surface area contributed by atoms with Crippen LogP contribution < -0.4 is 10.6 Å². The van der Waals surface area contributed by atoms with Crippen molar-refractivity contribution in [2.75, 3.05) is 5.32 Å². The number of nitrogens with zero attached hydrogens (tertiary/aromatic N) is 1. The minimum absolute atomic E-state index is 0.0581. The van der Waals surface area contributed by atoms with Gasteiger partial charge in [-0.2, -0.15) is 0 Å². The average Bonchev–Trinajstić information content (AvgIpc) is 3.10. The van der Waals surface area contributed by atoms with Crippen LogP contribution in [-0.4, -0.2) is 28.1 Å². The zero-order valence-corrected chi connectivity index (χ0v) is 12.2. The van der Waals surface area contributed by atoms with Crippen LogP contribution in [0.3, 0.4) is 0 Å². The molecule has 2 rings (SSSR count). The first-order valence-corrected chi connectivity index (χ1v) is 7.67. The summed E-state index contributed by atoms with van der Waals surface area (Å²) in [5.41, 5.74) is 1.07. The Morgan fingerprint density at radius 1 is 1.55 bits per heavy atom. The molecule has 1 heterocycles. The highest BCUT2D eigenvalue weighted by Crippen LogP contribution is 2.40. The zero-order chi connectivity index (χ0) is 14.5. The van der Waals surface area contributed by atoms with E-state index in [0.717, 1.165) is 5.69 Å². The summed E-state index contributed by atoms with van der Waals surface area (Å²) in [6.45, 7) is 1.86. The molecular weight excluding hydrogens is 278 g/mol. The van der Waals surface area contributed by atoms with Crippen molar-refractivity contribution in [3.05, 3.63) is 11.1 Å². The van der Waals surface area contributed by atoms with Gasteiger partial charge in [0.15, 0.2) is 5.13 Å². The molecule has 0 bridgehead atoms. The lowest BCUT2D eigenvalue weighted by molar-refractivity contribution is -0.137. The zero-order valence-electron chi connectivity index (χ0n) is 11.4. The number of carboxylic acid groups (broad SMARTS) is 1. The smallest absolute Gasteiger partial charge is 0.321 e. The van der Waals surface area contributed by atoms with Gasteiger partial charge >= 0.3 is 12.0 Å². The number of rotatable bonds is 7. The molecule has 20 heavy (non-hydrogen) atoms. The third kappa shape index (κ3) is 4.80. The van der Waals surface area contributed by atoms with Crippen LogP contribution in [0.1, 0.15) is 50.6 Å². The van der Waals surface area contributed by atoms with Crippen molar-refractivity contribution in [2.45, 2.75) is 51.0 Å². The maximum absolute atomic E-state index is 11.7. The van der Waals surface area contributed by atoms with E-state index in [4.69, 9.17) is 5.11 Å². The SMILES string of the molecule is CC(CCCC(=O)O)NC(=O)Nc1nc(C2CC2)cs1. The van der Waals surface area contributed by atoms with Crippen LogP contribution in [-0.2, 0) is 4.79 Å². The first-order chi connectivity index (χ1) is 9.54. The highest BCUT2D eigenvalue weighted by atomic mass is 32.1. The Kier molecular flexibility index (Phi) is 4.94. The van der Waals surface area contributed by atoms with Crippen molar-refractivity contribution in [1.82, 2.24) is 10.3 Å². The van der Waals surface area contributed by atoms with E-state index in [0.29, 0.717) is 23.9 Å². The lowest BCUT2D eigenvalue weighted by atomic mass is 10.1. The predicted octanol–water partition coefficient (Wildman–Crippen LogP) is 2.79. The van der Waals surface area contributed by atoms with E-state index in [9.17, 15) is 9.59 Å². The summed E-state index contributed by atoms with van der Waals surface area (Å²) in [5, 5.41) is 16.6. The number of hydrogen-bond donors (Lipinski definition) is 3. The standard InChI is InChI=1S/C13H19N3O3S/c1-8(3-2-4-11(17)18)14-12(19)16-13-15-10(7-20-13)9-5-6-9/h7-9H,2-6H2,1H3,(H,17,18)(H2,14,15,16,19). The summed E-state index contributed by atoms with van der Waals surface area (Å²) < 4.78 is 0. The fourth-order valence-electron chi connectivity index (χ4n) is 1.90. The van der Waals surface area contributed by atoms with Crippen LogP contribution in [0.25, 0.3) is 0 Å². The van der Waals surface area contributed by atoms with E-state index >= 15 is 0 Å². The maximum atomic E-state index is 11.7. The van der Waals surface area contributed by atoms with E-state index in [-0.39, 0.29) is 18.5 Å². The predicted molar refractivity (Wildman–Crippen MR) is 77.2 cm³/mol. The van der Waals surface area contributed by atoms with Gasteiger partial charge in [-0.05, 0) is 32.6 Å². The number of aliphatic carboxylic acids is 1. The van der Waals surface area contributed by atoms with Crippen LogP contribution in [0, 0.1) is 0 Å². The second-order valence-electron chi connectivity index (χ2n) is 5.14. The Labute approximate surface area is 121 Å². The number of carboxylic acids is 1. The summed E-state index contributed by atoms with van der Waals surface area (Å²) in [7, 11) is 0. The van der Waals surface area contributed by atoms with Crippen LogP contribution in [0.2, 0.25) is 0 Å². The minimum Gasteiger partial charge on any atom is -0.481 e. The molecule has 7 heteroatoms. The molecular formula is C13H19N3O3S. The first-order valence-electron chi connectivity index (χ1n) is 6.79. The molecule has 1 saturated carbocycles. The van der Waals surface area contributed by atoms with Crippen LogP contribution in [0.15, 0.2) is 5.38 Å². The number of nitrogens with one attached hydrogen (secondary N) is 2. The number of carbonyl (C=O) groups is 2. The van der Waals surface area contributed by atoms with E-state index in [2.05, 4.69) is 15.6 Å². The van der Waals surface area contributed by atoms with E-state index in [1.807, 2.05) is 12.3 Å². The van der Waals surface area contributed by atoms with Crippen molar-refractivity contribution in [3.63, 3.8) is 0 Å².